The molecule has 1 aliphatic rings. The zero-order valence-corrected chi connectivity index (χ0v) is 15.2. The van der Waals surface area contributed by atoms with E-state index in [1.807, 2.05) is 12.1 Å². The Kier molecular flexibility index (Phi) is 4.83. The van der Waals surface area contributed by atoms with Gasteiger partial charge in [0.25, 0.3) is 0 Å². The van der Waals surface area contributed by atoms with Crippen LogP contribution >= 0.6 is 22.9 Å². The zero-order chi connectivity index (χ0) is 17.2. The molecule has 0 bridgehead atoms. The molecule has 0 saturated carbocycles. The Morgan fingerprint density at radius 2 is 2.08 bits per heavy atom. The SMILES string of the molecule is Fc1cccc(CN2CCC(Nc3ncnc4sc(Cl)cc34)CC2)c1. The van der Waals surface area contributed by atoms with Gasteiger partial charge >= 0.3 is 0 Å². The summed E-state index contributed by atoms with van der Waals surface area (Å²) in [5.74, 6) is 0.688. The van der Waals surface area contributed by atoms with Crippen LogP contribution in [0.15, 0.2) is 36.7 Å². The van der Waals surface area contributed by atoms with Gasteiger partial charge in [0.15, 0.2) is 0 Å². The third kappa shape index (κ3) is 3.92. The molecule has 1 aromatic carbocycles. The Morgan fingerprint density at radius 1 is 1.24 bits per heavy atom. The molecule has 0 aliphatic carbocycles. The molecule has 1 N–H and O–H groups in total. The van der Waals surface area contributed by atoms with E-state index in [9.17, 15) is 4.39 Å². The summed E-state index contributed by atoms with van der Waals surface area (Å²) < 4.78 is 14.0. The molecule has 7 heteroatoms. The van der Waals surface area contributed by atoms with Crippen molar-refractivity contribution in [1.29, 1.82) is 0 Å². The van der Waals surface area contributed by atoms with Gasteiger partial charge in [0.2, 0.25) is 0 Å². The molecule has 4 rings (SSSR count). The summed E-state index contributed by atoms with van der Waals surface area (Å²) in [5.41, 5.74) is 1.02. The molecule has 0 atom stereocenters. The van der Waals surface area contributed by atoms with Crippen molar-refractivity contribution in [1.82, 2.24) is 14.9 Å². The predicted octanol–water partition coefficient (Wildman–Crippen LogP) is 4.56. The van der Waals surface area contributed by atoms with Gasteiger partial charge in [-0.25, -0.2) is 14.4 Å². The molecule has 1 aliphatic heterocycles. The second-order valence-electron chi connectivity index (χ2n) is 6.32. The minimum atomic E-state index is -0.170. The third-order valence-electron chi connectivity index (χ3n) is 4.52. The van der Waals surface area contributed by atoms with Crippen molar-refractivity contribution in [3.63, 3.8) is 0 Å². The molecule has 25 heavy (non-hydrogen) atoms. The van der Waals surface area contributed by atoms with Gasteiger partial charge in [-0.15, -0.1) is 11.3 Å². The lowest BCUT2D eigenvalue weighted by molar-refractivity contribution is 0.211. The smallest absolute Gasteiger partial charge is 0.138 e. The molecular weight excluding hydrogens is 359 g/mol. The van der Waals surface area contributed by atoms with Gasteiger partial charge < -0.3 is 5.32 Å². The summed E-state index contributed by atoms with van der Waals surface area (Å²) in [5, 5.41) is 4.53. The van der Waals surface area contributed by atoms with Crippen LogP contribution in [0.5, 0.6) is 0 Å². The standard InChI is InChI=1S/C18H18ClFN4S/c19-16-9-15-17(21-11-22-18(15)25-16)23-14-4-6-24(7-5-14)10-12-2-1-3-13(20)8-12/h1-3,8-9,11,14H,4-7,10H2,(H,21,22,23). The van der Waals surface area contributed by atoms with Gasteiger partial charge in [-0.2, -0.15) is 0 Å². The first-order valence-corrected chi connectivity index (χ1v) is 9.50. The predicted molar refractivity (Wildman–Crippen MR) is 101 cm³/mol. The molecule has 3 heterocycles. The fourth-order valence-corrected chi connectivity index (χ4v) is 4.32. The molecule has 4 nitrogen and oxygen atoms in total. The third-order valence-corrected chi connectivity index (χ3v) is 5.70. The van der Waals surface area contributed by atoms with Crippen LogP contribution in [-0.4, -0.2) is 34.0 Å². The number of halogens is 2. The summed E-state index contributed by atoms with van der Waals surface area (Å²) in [4.78, 5) is 11.9. The Balaban J connectivity index is 1.37. The monoisotopic (exact) mass is 376 g/mol. The zero-order valence-electron chi connectivity index (χ0n) is 13.6. The number of hydrogen-bond donors (Lipinski definition) is 1. The fraction of sp³-hybridized carbons (Fsp3) is 0.333. The highest BCUT2D eigenvalue weighted by molar-refractivity contribution is 7.22. The normalized spacial score (nSPS) is 16.4. The highest BCUT2D eigenvalue weighted by Crippen LogP contribution is 2.32. The first-order chi connectivity index (χ1) is 12.2. The van der Waals surface area contributed by atoms with Gasteiger partial charge in [0, 0.05) is 25.7 Å². The van der Waals surface area contributed by atoms with Crippen LogP contribution in [0.25, 0.3) is 10.2 Å². The second kappa shape index (κ2) is 7.23. The van der Waals surface area contributed by atoms with Gasteiger partial charge in [-0.1, -0.05) is 23.7 Å². The summed E-state index contributed by atoms with van der Waals surface area (Å²) in [6.45, 7) is 2.75. The van der Waals surface area contributed by atoms with Crippen molar-refractivity contribution in [2.75, 3.05) is 18.4 Å². The summed E-state index contributed by atoms with van der Waals surface area (Å²) in [6, 6.07) is 9.14. The number of rotatable bonds is 4. The number of nitrogens with one attached hydrogen (secondary N) is 1. The molecular formula is C18H18ClFN4S. The molecule has 1 fully saturated rings. The Bertz CT molecular complexity index is 876. The van der Waals surface area contributed by atoms with Gasteiger partial charge in [-0.3, -0.25) is 4.90 Å². The first kappa shape index (κ1) is 16.7. The summed E-state index contributed by atoms with van der Waals surface area (Å²) >= 11 is 7.56. The van der Waals surface area contributed by atoms with E-state index in [2.05, 4.69) is 20.2 Å². The summed E-state index contributed by atoms with van der Waals surface area (Å²) in [6.07, 6.45) is 3.63. The summed E-state index contributed by atoms with van der Waals surface area (Å²) in [7, 11) is 0. The number of aromatic nitrogens is 2. The van der Waals surface area contributed by atoms with E-state index in [-0.39, 0.29) is 5.82 Å². The number of hydrogen-bond acceptors (Lipinski definition) is 5. The number of thiophene rings is 1. The fourth-order valence-electron chi connectivity index (χ4n) is 3.26. The van der Waals surface area contributed by atoms with Crippen molar-refractivity contribution in [2.45, 2.75) is 25.4 Å². The van der Waals surface area contributed by atoms with Crippen molar-refractivity contribution in [3.8, 4) is 0 Å². The lowest BCUT2D eigenvalue weighted by atomic mass is 10.0. The minimum Gasteiger partial charge on any atom is -0.367 e. The number of likely N-dealkylation sites (tertiary alicyclic amines) is 1. The molecule has 0 radical (unpaired) electrons. The quantitative estimate of drug-likeness (QED) is 0.724. The Labute approximate surface area is 154 Å². The molecule has 2 aromatic heterocycles. The molecule has 3 aromatic rings. The van der Waals surface area contributed by atoms with Crippen molar-refractivity contribution < 1.29 is 4.39 Å². The number of benzene rings is 1. The lowest BCUT2D eigenvalue weighted by Gasteiger charge is -2.32. The van der Waals surface area contributed by atoms with Crippen molar-refractivity contribution >= 4 is 39.0 Å². The molecule has 130 valence electrons. The number of fused-ring (bicyclic) bond motifs is 1. The average molecular weight is 377 g/mol. The van der Waals surface area contributed by atoms with Crippen molar-refractivity contribution in [2.24, 2.45) is 0 Å². The highest BCUT2D eigenvalue weighted by atomic mass is 35.5. The van der Waals surface area contributed by atoms with Crippen LogP contribution in [0.3, 0.4) is 0 Å². The van der Waals surface area contributed by atoms with E-state index in [4.69, 9.17) is 11.6 Å². The molecule has 0 spiro atoms. The van der Waals surface area contributed by atoms with E-state index < -0.39 is 0 Å². The van der Waals surface area contributed by atoms with Crippen LogP contribution in [0.2, 0.25) is 4.34 Å². The van der Waals surface area contributed by atoms with Gasteiger partial charge in [-0.05, 0) is 36.6 Å². The maximum atomic E-state index is 13.3. The van der Waals surface area contributed by atoms with Crippen molar-refractivity contribution in [3.05, 3.63) is 52.4 Å². The van der Waals surface area contributed by atoms with E-state index in [1.165, 1.54) is 17.4 Å². The molecule has 0 amide bonds. The number of anilines is 1. The van der Waals surface area contributed by atoms with Gasteiger partial charge in [0.1, 0.15) is 22.8 Å². The lowest BCUT2D eigenvalue weighted by Crippen LogP contribution is -2.38. The van der Waals surface area contributed by atoms with E-state index in [0.29, 0.717) is 6.04 Å². The van der Waals surface area contributed by atoms with E-state index in [1.54, 1.807) is 18.5 Å². The largest absolute Gasteiger partial charge is 0.367 e. The average Bonchev–Trinajstić information content (AvgIpc) is 2.98. The van der Waals surface area contributed by atoms with Crippen LogP contribution in [-0.2, 0) is 6.54 Å². The van der Waals surface area contributed by atoms with E-state index >= 15 is 0 Å². The Hall–Kier alpha value is -1.76. The van der Waals surface area contributed by atoms with E-state index in [0.717, 1.165) is 58.4 Å². The second-order valence-corrected chi connectivity index (χ2v) is 7.98. The number of nitrogens with zero attached hydrogens (tertiary/aromatic N) is 3. The van der Waals surface area contributed by atoms with Crippen LogP contribution in [0, 0.1) is 5.82 Å². The first-order valence-electron chi connectivity index (χ1n) is 8.31. The Morgan fingerprint density at radius 3 is 2.88 bits per heavy atom. The molecule has 1 saturated heterocycles. The van der Waals surface area contributed by atoms with Crippen LogP contribution in [0.4, 0.5) is 10.2 Å². The maximum absolute atomic E-state index is 13.3. The minimum absolute atomic E-state index is 0.170. The van der Waals surface area contributed by atoms with Crippen LogP contribution < -0.4 is 5.32 Å². The van der Waals surface area contributed by atoms with Gasteiger partial charge in [0.05, 0.1) is 9.72 Å². The topological polar surface area (TPSA) is 41.0 Å². The van der Waals surface area contributed by atoms with Crippen LogP contribution in [0.1, 0.15) is 18.4 Å². The molecule has 0 unspecified atom stereocenters. The number of piperidine rings is 1. The highest BCUT2D eigenvalue weighted by Gasteiger charge is 2.20. The maximum Gasteiger partial charge on any atom is 0.138 e.